The molecule has 2 aromatic carbocycles. The summed E-state index contributed by atoms with van der Waals surface area (Å²) in [7, 11) is 0. The molecule has 1 heterocycles. The Morgan fingerprint density at radius 1 is 1.35 bits per heavy atom. The zero-order valence-electron chi connectivity index (χ0n) is 15.9. The van der Waals surface area contributed by atoms with Gasteiger partial charge in [-0.15, -0.1) is 0 Å². The molecule has 0 spiro atoms. The van der Waals surface area contributed by atoms with Crippen LogP contribution in [-0.2, 0) is 4.79 Å². The van der Waals surface area contributed by atoms with Crippen molar-refractivity contribution in [1.29, 1.82) is 0 Å². The quantitative estimate of drug-likeness (QED) is 0.818. The third-order valence-electron chi connectivity index (χ3n) is 4.66. The lowest BCUT2D eigenvalue weighted by Gasteiger charge is -2.34. The van der Waals surface area contributed by atoms with E-state index in [2.05, 4.69) is 25.2 Å². The van der Waals surface area contributed by atoms with Crippen LogP contribution in [0.1, 0.15) is 37.8 Å². The topological polar surface area (TPSA) is 67.6 Å². The zero-order valence-corrected chi connectivity index (χ0v) is 15.9. The predicted molar refractivity (Wildman–Crippen MR) is 107 cm³/mol. The molecule has 26 heavy (non-hydrogen) atoms. The van der Waals surface area contributed by atoms with Crippen molar-refractivity contribution in [2.24, 2.45) is 0 Å². The Morgan fingerprint density at radius 2 is 2.12 bits per heavy atom. The Morgan fingerprint density at radius 3 is 2.85 bits per heavy atom. The third kappa shape index (κ3) is 3.77. The number of hydrogen-bond donors (Lipinski definition) is 2. The molecule has 0 aliphatic carbocycles. The number of carbonyl (C=O) groups is 1. The molecule has 5 heteroatoms. The van der Waals surface area contributed by atoms with E-state index in [-0.39, 0.29) is 18.6 Å². The second-order valence-corrected chi connectivity index (χ2v) is 7.28. The molecule has 1 atom stereocenters. The maximum absolute atomic E-state index is 12.8. The van der Waals surface area contributed by atoms with Gasteiger partial charge in [-0.2, -0.15) is 0 Å². The molecule has 1 aliphatic rings. The average Bonchev–Trinajstić information content (AvgIpc) is 2.57. The first-order valence-corrected chi connectivity index (χ1v) is 9.05. The summed E-state index contributed by atoms with van der Waals surface area (Å²) in [5, 5.41) is 3.12. The van der Waals surface area contributed by atoms with Crippen LogP contribution in [0.4, 0.5) is 17.1 Å². The van der Waals surface area contributed by atoms with E-state index in [4.69, 9.17) is 10.5 Å². The zero-order chi connectivity index (χ0) is 18.8. The summed E-state index contributed by atoms with van der Waals surface area (Å²) < 4.78 is 5.86. The van der Waals surface area contributed by atoms with Crippen LogP contribution in [0.5, 0.6) is 5.75 Å². The van der Waals surface area contributed by atoms with Crippen molar-refractivity contribution < 1.29 is 9.53 Å². The molecule has 0 saturated heterocycles. The molecule has 1 amide bonds. The number of benzene rings is 2. The van der Waals surface area contributed by atoms with Crippen molar-refractivity contribution in [3.05, 3.63) is 47.5 Å². The van der Waals surface area contributed by atoms with Crippen molar-refractivity contribution >= 4 is 23.0 Å². The van der Waals surface area contributed by atoms with Crippen LogP contribution >= 0.6 is 0 Å². The Kier molecular flexibility index (Phi) is 5.07. The van der Waals surface area contributed by atoms with Crippen LogP contribution in [0.3, 0.4) is 0 Å². The summed E-state index contributed by atoms with van der Waals surface area (Å²) >= 11 is 0. The fourth-order valence-electron chi connectivity index (χ4n) is 3.39. The second-order valence-electron chi connectivity index (χ2n) is 7.28. The van der Waals surface area contributed by atoms with Crippen molar-refractivity contribution in [1.82, 2.24) is 0 Å². The average molecular weight is 353 g/mol. The summed E-state index contributed by atoms with van der Waals surface area (Å²) in [4.78, 5) is 14.8. The highest BCUT2D eigenvalue weighted by atomic mass is 16.5. The number of aryl methyl sites for hydroxylation is 1. The number of hydrogen-bond acceptors (Lipinski definition) is 4. The van der Waals surface area contributed by atoms with Crippen LogP contribution in [0.15, 0.2) is 36.4 Å². The maximum Gasteiger partial charge on any atom is 0.243 e. The molecule has 0 saturated carbocycles. The first-order chi connectivity index (χ1) is 12.3. The molecule has 0 bridgehead atoms. The Hall–Kier alpha value is -2.69. The molecular weight excluding hydrogens is 326 g/mol. The standard InChI is InChI=1S/C21H27N3O2/c1-13(2)17-7-5-6-14(3)21(17)23-20(25)12-24-11-15(4)26-19-9-8-16(22)10-18(19)24/h5-10,13,15H,11-12,22H2,1-4H3,(H,23,25). The number of amides is 1. The number of rotatable bonds is 4. The van der Waals surface area contributed by atoms with Gasteiger partial charge in [-0.1, -0.05) is 32.0 Å². The summed E-state index contributed by atoms with van der Waals surface area (Å²) in [5.74, 6) is 1.07. The number of fused-ring (bicyclic) bond motifs is 1. The van der Waals surface area contributed by atoms with E-state index >= 15 is 0 Å². The number of nitrogen functional groups attached to an aromatic ring is 1. The van der Waals surface area contributed by atoms with E-state index in [0.29, 0.717) is 18.2 Å². The van der Waals surface area contributed by atoms with Gasteiger partial charge in [0.05, 0.1) is 18.8 Å². The lowest BCUT2D eigenvalue weighted by atomic mass is 9.98. The van der Waals surface area contributed by atoms with E-state index in [9.17, 15) is 4.79 Å². The number of carbonyl (C=O) groups excluding carboxylic acids is 1. The molecule has 0 aromatic heterocycles. The summed E-state index contributed by atoms with van der Waals surface area (Å²) in [6, 6.07) is 11.7. The van der Waals surface area contributed by atoms with Gasteiger partial charge in [0.2, 0.25) is 5.91 Å². The molecular formula is C21H27N3O2. The highest BCUT2D eigenvalue weighted by molar-refractivity contribution is 5.96. The van der Waals surface area contributed by atoms with Crippen LogP contribution in [0.2, 0.25) is 0 Å². The third-order valence-corrected chi connectivity index (χ3v) is 4.66. The van der Waals surface area contributed by atoms with E-state index < -0.39 is 0 Å². The Balaban J connectivity index is 1.81. The Labute approximate surface area is 155 Å². The number of anilines is 3. The SMILES string of the molecule is Cc1cccc(C(C)C)c1NC(=O)CN1CC(C)Oc2ccc(N)cc21. The lowest BCUT2D eigenvalue weighted by molar-refractivity contribution is -0.115. The highest BCUT2D eigenvalue weighted by Gasteiger charge is 2.25. The molecule has 138 valence electrons. The first-order valence-electron chi connectivity index (χ1n) is 9.05. The van der Waals surface area contributed by atoms with Gasteiger partial charge in [-0.05, 0) is 49.1 Å². The molecule has 3 rings (SSSR count). The summed E-state index contributed by atoms with van der Waals surface area (Å²) in [6.07, 6.45) is 0.0172. The molecule has 3 N–H and O–H groups in total. The molecule has 1 aliphatic heterocycles. The minimum atomic E-state index is -0.0383. The summed E-state index contributed by atoms with van der Waals surface area (Å²) in [5.41, 5.74) is 10.6. The number of ether oxygens (including phenoxy) is 1. The van der Waals surface area contributed by atoms with E-state index in [1.807, 2.05) is 49.1 Å². The van der Waals surface area contributed by atoms with E-state index in [0.717, 1.165) is 28.3 Å². The van der Waals surface area contributed by atoms with Crippen molar-refractivity contribution in [3.63, 3.8) is 0 Å². The Bertz CT molecular complexity index is 817. The monoisotopic (exact) mass is 353 g/mol. The van der Waals surface area contributed by atoms with Gasteiger partial charge in [0.1, 0.15) is 11.9 Å². The normalized spacial score (nSPS) is 16.2. The number of nitrogens with one attached hydrogen (secondary N) is 1. The van der Waals surface area contributed by atoms with Gasteiger partial charge in [-0.25, -0.2) is 0 Å². The van der Waals surface area contributed by atoms with Crippen molar-refractivity contribution in [3.8, 4) is 5.75 Å². The first kappa shape index (κ1) is 18.1. The van der Waals surface area contributed by atoms with Gasteiger partial charge in [0, 0.05) is 11.4 Å². The van der Waals surface area contributed by atoms with Crippen molar-refractivity contribution in [2.75, 3.05) is 29.0 Å². The minimum Gasteiger partial charge on any atom is -0.487 e. The predicted octanol–water partition coefficient (Wildman–Crippen LogP) is 3.93. The van der Waals surface area contributed by atoms with E-state index in [1.54, 1.807) is 0 Å². The maximum atomic E-state index is 12.8. The highest BCUT2D eigenvalue weighted by Crippen LogP contribution is 2.35. The largest absolute Gasteiger partial charge is 0.487 e. The fraction of sp³-hybridized carbons (Fsp3) is 0.381. The van der Waals surface area contributed by atoms with Gasteiger partial charge >= 0.3 is 0 Å². The second kappa shape index (κ2) is 7.28. The van der Waals surface area contributed by atoms with Gasteiger partial charge in [-0.3, -0.25) is 4.79 Å². The van der Waals surface area contributed by atoms with E-state index in [1.165, 1.54) is 0 Å². The summed E-state index contributed by atoms with van der Waals surface area (Å²) in [6.45, 7) is 9.20. The molecule has 0 radical (unpaired) electrons. The van der Waals surface area contributed by atoms with Gasteiger partial charge < -0.3 is 20.7 Å². The minimum absolute atomic E-state index is 0.0172. The number of nitrogens with zero attached hydrogens (tertiary/aromatic N) is 1. The smallest absolute Gasteiger partial charge is 0.243 e. The molecule has 5 nitrogen and oxygen atoms in total. The molecule has 2 aromatic rings. The van der Waals surface area contributed by atoms with Gasteiger partial charge in [0.15, 0.2) is 0 Å². The van der Waals surface area contributed by atoms with Crippen LogP contribution in [0.25, 0.3) is 0 Å². The molecule has 0 fully saturated rings. The van der Waals surface area contributed by atoms with Gasteiger partial charge in [0.25, 0.3) is 0 Å². The van der Waals surface area contributed by atoms with Crippen LogP contribution < -0.4 is 20.7 Å². The molecule has 1 unspecified atom stereocenters. The number of nitrogens with two attached hydrogens (primary N) is 1. The fourth-order valence-corrected chi connectivity index (χ4v) is 3.39. The van der Waals surface area contributed by atoms with Crippen LogP contribution in [0, 0.1) is 6.92 Å². The van der Waals surface area contributed by atoms with Crippen molar-refractivity contribution in [2.45, 2.75) is 39.7 Å². The van der Waals surface area contributed by atoms with Crippen LogP contribution in [-0.4, -0.2) is 25.1 Å². The number of para-hydroxylation sites is 1. The lowest BCUT2D eigenvalue weighted by Crippen LogP contribution is -2.42.